The number of halogens is 3. The van der Waals surface area contributed by atoms with Gasteiger partial charge in [0.15, 0.2) is 0 Å². The third-order valence-electron chi connectivity index (χ3n) is 4.11. The number of carbonyl (C=O) groups excluding carboxylic acids is 2. The molecule has 5 nitrogen and oxygen atoms in total. The van der Waals surface area contributed by atoms with E-state index in [0.717, 1.165) is 25.3 Å². The quantitative estimate of drug-likeness (QED) is 0.786. The summed E-state index contributed by atoms with van der Waals surface area (Å²) in [6, 6.07) is 6.06. The molecule has 1 aliphatic rings. The van der Waals surface area contributed by atoms with Gasteiger partial charge in [0.1, 0.15) is 17.7 Å². The third-order valence-corrected chi connectivity index (χ3v) is 4.42. The summed E-state index contributed by atoms with van der Waals surface area (Å²) in [5.74, 6) is -1.62. The molecule has 8 heteroatoms. The average molecular weight is 382 g/mol. The van der Waals surface area contributed by atoms with Crippen LogP contribution in [0.25, 0.3) is 0 Å². The molecule has 1 N–H and O–H groups in total. The highest BCUT2D eigenvalue weighted by Gasteiger charge is 2.32. The molecule has 136 valence electrons. The third kappa shape index (κ3) is 3.48. The molecule has 0 unspecified atom stereocenters. The van der Waals surface area contributed by atoms with Crippen LogP contribution >= 0.6 is 11.6 Å². The van der Waals surface area contributed by atoms with Gasteiger partial charge in [0.2, 0.25) is 0 Å². The van der Waals surface area contributed by atoms with Crippen LogP contribution < -0.4 is 5.32 Å². The van der Waals surface area contributed by atoms with Crippen LogP contribution in [0.2, 0.25) is 5.02 Å². The Bertz CT molecular complexity index is 888. The highest BCUT2D eigenvalue weighted by atomic mass is 35.5. The van der Waals surface area contributed by atoms with E-state index in [4.69, 9.17) is 16.3 Å². The minimum atomic E-state index is -0.921. The van der Waals surface area contributed by atoms with Crippen molar-refractivity contribution in [3.05, 3.63) is 63.7 Å². The van der Waals surface area contributed by atoms with Gasteiger partial charge in [0.25, 0.3) is 5.91 Å². The second kappa shape index (κ2) is 7.29. The van der Waals surface area contributed by atoms with Gasteiger partial charge in [-0.2, -0.15) is 0 Å². The molecule has 2 aromatic rings. The minimum absolute atomic E-state index is 0.0454. The molecule has 0 radical (unpaired) electrons. The summed E-state index contributed by atoms with van der Waals surface area (Å²) < 4.78 is 36.9. The van der Waals surface area contributed by atoms with Gasteiger partial charge in [-0.05, 0) is 48.7 Å². The fraction of sp³-hybridized carbons (Fsp3) is 0.222. The van der Waals surface area contributed by atoms with E-state index in [1.807, 2.05) is 0 Å². The SMILES string of the molecule is COC(=O)O[C@H]1CCc2c(C(=O)Nc3ccc(F)cc3Cl)ccc(F)c21. The average Bonchev–Trinajstić information content (AvgIpc) is 3.02. The van der Waals surface area contributed by atoms with Gasteiger partial charge in [0.05, 0.1) is 17.8 Å². The molecule has 3 rings (SSSR count). The van der Waals surface area contributed by atoms with E-state index in [2.05, 4.69) is 10.1 Å². The smallest absolute Gasteiger partial charge is 0.438 e. The van der Waals surface area contributed by atoms with E-state index < -0.39 is 29.8 Å². The second-order valence-corrected chi connectivity index (χ2v) is 6.07. The Morgan fingerprint density at radius 2 is 2.00 bits per heavy atom. The van der Waals surface area contributed by atoms with Crippen LogP contribution in [0.3, 0.4) is 0 Å². The summed E-state index contributed by atoms with van der Waals surface area (Å²) in [4.78, 5) is 23.9. The molecular weight excluding hydrogens is 368 g/mol. The largest absolute Gasteiger partial charge is 0.508 e. The Hall–Kier alpha value is -2.67. The monoisotopic (exact) mass is 381 g/mol. The first kappa shape index (κ1) is 18.1. The lowest BCUT2D eigenvalue weighted by Crippen LogP contribution is -2.16. The lowest BCUT2D eigenvalue weighted by molar-refractivity contribution is 0.0359. The summed E-state index contributed by atoms with van der Waals surface area (Å²) in [5, 5.41) is 2.62. The minimum Gasteiger partial charge on any atom is -0.438 e. The van der Waals surface area contributed by atoms with Crippen LogP contribution in [0, 0.1) is 11.6 Å². The lowest BCUT2D eigenvalue weighted by atomic mass is 10.0. The first-order chi connectivity index (χ1) is 12.4. The number of benzene rings is 2. The van der Waals surface area contributed by atoms with Gasteiger partial charge in [-0.25, -0.2) is 13.6 Å². The number of rotatable bonds is 3. The van der Waals surface area contributed by atoms with Crippen LogP contribution in [0.15, 0.2) is 30.3 Å². The van der Waals surface area contributed by atoms with Crippen molar-refractivity contribution in [3.63, 3.8) is 0 Å². The predicted molar refractivity (Wildman–Crippen MR) is 90.3 cm³/mol. The first-order valence-corrected chi connectivity index (χ1v) is 8.10. The molecule has 0 saturated heterocycles. The van der Waals surface area contributed by atoms with Crippen LogP contribution in [-0.2, 0) is 15.9 Å². The normalized spacial score (nSPS) is 15.3. The molecule has 0 spiro atoms. The zero-order valence-corrected chi connectivity index (χ0v) is 14.4. The van der Waals surface area contributed by atoms with Crippen molar-refractivity contribution in [2.75, 3.05) is 12.4 Å². The topological polar surface area (TPSA) is 64.6 Å². The van der Waals surface area contributed by atoms with Crippen molar-refractivity contribution in [1.82, 2.24) is 0 Å². The Balaban J connectivity index is 1.90. The molecule has 0 aliphatic heterocycles. The first-order valence-electron chi connectivity index (χ1n) is 7.73. The van der Waals surface area contributed by atoms with Gasteiger partial charge in [-0.3, -0.25) is 4.79 Å². The highest BCUT2D eigenvalue weighted by molar-refractivity contribution is 6.33. The molecule has 1 aliphatic carbocycles. The number of anilines is 1. The molecule has 1 atom stereocenters. The number of hydrogen-bond acceptors (Lipinski definition) is 4. The van der Waals surface area contributed by atoms with Crippen LogP contribution in [0.4, 0.5) is 19.3 Å². The fourth-order valence-electron chi connectivity index (χ4n) is 2.95. The number of carbonyl (C=O) groups is 2. The van der Waals surface area contributed by atoms with Crippen molar-refractivity contribution in [2.24, 2.45) is 0 Å². The van der Waals surface area contributed by atoms with Gasteiger partial charge in [-0.15, -0.1) is 0 Å². The summed E-state index contributed by atoms with van der Waals surface area (Å²) in [6.45, 7) is 0. The van der Waals surface area contributed by atoms with Crippen LogP contribution in [0.5, 0.6) is 0 Å². The molecule has 0 bridgehead atoms. The van der Waals surface area contributed by atoms with Gasteiger partial charge < -0.3 is 14.8 Å². The van der Waals surface area contributed by atoms with E-state index in [0.29, 0.717) is 18.4 Å². The van der Waals surface area contributed by atoms with E-state index in [1.165, 1.54) is 12.1 Å². The van der Waals surface area contributed by atoms with Gasteiger partial charge >= 0.3 is 6.16 Å². The molecule has 2 aromatic carbocycles. The highest BCUT2D eigenvalue weighted by Crippen LogP contribution is 2.38. The van der Waals surface area contributed by atoms with Gasteiger partial charge in [0, 0.05) is 11.1 Å². The standard InChI is InChI=1S/C18H14ClF2NO4/c1-25-18(24)26-15-7-4-10-11(3-5-13(21)16(10)15)17(23)22-14-6-2-9(20)8-12(14)19/h2-3,5-6,8,15H,4,7H2,1H3,(H,22,23)/t15-/m0/s1. The Morgan fingerprint density at radius 3 is 2.69 bits per heavy atom. The zero-order valence-electron chi connectivity index (χ0n) is 13.6. The van der Waals surface area contributed by atoms with Crippen molar-refractivity contribution in [1.29, 1.82) is 0 Å². The maximum atomic E-state index is 14.2. The van der Waals surface area contributed by atoms with Crippen molar-refractivity contribution in [2.45, 2.75) is 18.9 Å². The van der Waals surface area contributed by atoms with Crippen LogP contribution in [0.1, 0.15) is 34.0 Å². The zero-order chi connectivity index (χ0) is 18.8. The molecule has 0 heterocycles. The van der Waals surface area contributed by atoms with Crippen LogP contribution in [-0.4, -0.2) is 19.2 Å². The summed E-state index contributed by atoms with van der Waals surface area (Å²) in [6.07, 6.45) is -1.05. The molecule has 0 aromatic heterocycles. The maximum Gasteiger partial charge on any atom is 0.508 e. The van der Waals surface area contributed by atoms with E-state index in [1.54, 1.807) is 0 Å². The Labute approximate surface area is 152 Å². The van der Waals surface area contributed by atoms with E-state index in [-0.39, 0.29) is 21.8 Å². The van der Waals surface area contributed by atoms with Gasteiger partial charge in [-0.1, -0.05) is 11.6 Å². The molecular formula is C18H14ClF2NO4. The number of ether oxygens (including phenoxy) is 2. The Morgan fingerprint density at radius 1 is 1.23 bits per heavy atom. The fourth-order valence-corrected chi connectivity index (χ4v) is 3.16. The van der Waals surface area contributed by atoms with Crippen molar-refractivity contribution < 1.29 is 27.8 Å². The molecule has 1 amide bonds. The molecule has 0 saturated carbocycles. The maximum absolute atomic E-state index is 14.2. The number of fused-ring (bicyclic) bond motifs is 1. The number of amides is 1. The number of hydrogen-bond donors (Lipinski definition) is 1. The predicted octanol–water partition coefficient (Wildman–Crippen LogP) is 4.64. The molecule has 26 heavy (non-hydrogen) atoms. The van der Waals surface area contributed by atoms with E-state index in [9.17, 15) is 18.4 Å². The van der Waals surface area contributed by atoms with Crippen molar-refractivity contribution >= 4 is 29.4 Å². The molecule has 0 fully saturated rings. The number of nitrogens with one attached hydrogen (secondary N) is 1. The lowest BCUT2D eigenvalue weighted by Gasteiger charge is -2.14. The second-order valence-electron chi connectivity index (χ2n) is 5.66. The van der Waals surface area contributed by atoms with Crippen molar-refractivity contribution in [3.8, 4) is 0 Å². The summed E-state index contributed by atoms with van der Waals surface area (Å²) >= 11 is 5.91. The van der Waals surface area contributed by atoms with E-state index >= 15 is 0 Å². The Kier molecular flexibility index (Phi) is 5.08. The summed E-state index contributed by atoms with van der Waals surface area (Å²) in [7, 11) is 1.16. The number of methoxy groups -OCH3 is 1. The summed E-state index contributed by atoms with van der Waals surface area (Å²) in [5.41, 5.74) is 1.08.